The molecule has 6 heteroatoms. The molecule has 0 aliphatic rings. The minimum atomic E-state index is -1.61. The topological polar surface area (TPSA) is 81.9 Å². The molecule has 1 aromatic rings. The highest BCUT2D eigenvalue weighted by molar-refractivity contribution is 5.83. The Morgan fingerprint density at radius 1 is 1.09 bits per heavy atom. The van der Waals surface area contributed by atoms with Gasteiger partial charge in [0.1, 0.15) is 5.60 Å². The van der Waals surface area contributed by atoms with Gasteiger partial charge in [-0.15, -0.1) is 0 Å². The fraction of sp³-hybridized carbons (Fsp3) is 0.500. The predicted octanol–water partition coefficient (Wildman–Crippen LogP) is 1.92. The molecule has 1 atom stereocenters. The van der Waals surface area contributed by atoms with E-state index in [2.05, 4.69) is 0 Å². The van der Waals surface area contributed by atoms with E-state index in [1.165, 1.54) is 4.90 Å². The van der Waals surface area contributed by atoms with Gasteiger partial charge in [-0.3, -0.25) is 4.90 Å². The third-order valence-electron chi connectivity index (χ3n) is 3.00. The molecule has 0 bridgehead atoms. The summed E-state index contributed by atoms with van der Waals surface area (Å²) in [6, 6.07) is 9.23. The van der Waals surface area contributed by atoms with Crippen LogP contribution >= 0.6 is 0 Å². The molecule has 1 amide bonds. The van der Waals surface area contributed by atoms with Gasteiger partial charge in [-0.25, -0.2) is 9.59 Å². The summed E-state index contributed by atoms with van der Waals surface area (Å²) >= 11 is 0. The summed E-state index contributed by atoms with van der Waals surface area (Å²) in [5.74, 6) is -0.660. The summed E-state index contributed by atoms with van der Waals surface area (Å²) in [6.07, 6.45) is -0.894. The van der Waals surface area contributed by atoms with E-state index in [0.29, 0.717) is 0 Å². The Labute approximate surface area is 131 Å². The highest BCUT2D eigenvalue weighted by Crippen LogP contribution is 2.25. The summed E-state index contributed by atoms with van der Waals surface area (Å²) in [6.45, 7) is 5.24. The van der Waals surface area contributed by atoms with E-state index in [-0.39, 0.29) is 6.42 Å². The zero-order valence-electron chi connectivity index (χ0n) is 13.8. The molecule has 0 unspecified atom stereocenters. The van der Waals surface area contributed by atoms with Crippen LogP contribution in [0.3, 0.4) is 0 Å². The second-order valence-corrected chi connectivity index (χ2v) is 6.26. The first kappa shape index (κ1) is 18.0. The standard InChI is InChI=1S/C16H24N2O4/c1-15(2,3)21-13(19)16(18(4)5,22-14(17)20)11-12-9-7-6-8-10-12/h6-10H,11H2,1-5H3,(H2,17,20)/t16-/m1/s1. The zero-order valence-corrected chi connectivity index (χ0v) is 13.8. The molecule has 0 fully saturated rings. The van der Waals surface area contributed by atoms with Gasteiger partial charge in [0.25, 0.3) is 5.72 Å². The normalized spacial score (nSPS) is 14.3. The number of carbonyl (C=O) groups excluding carboxylic acids is 2. The first-order chi connectivity index (χ1) is 10.1. The van der Waals surface area contributed by atoms with Crippen molar-refractivity contribution in [3.63, 3.8) is 0 Å². The van der Waals surface area contributed by atoms with Crippen LogP contribution in [-0.2, 0) is 20.7 Å². The van der Waals surface area contributed by atoms with Gasteiger partial charge in [0.2, 0.25) is 0 Å². The summed E-state index contributed by atoms with van der Waals surface area (Å²) < 4.78 is 10.6. The van der Waals surface area contributed by atoms with E-state index >= 15 is 0 Å². The molecular weight excluding hydrogens is 284 g/mol. The minimum Gasteiger partial charge on any atom is -0.456 e. The number of esters is 1. The average molecular weight is 308 g/mol. The van der Waals surface area contributed by atoms with E-state index in [4.69, 9.17) is 15.2 Å². The molecule has 0 heterocycles. The van der Waals surface area contributed by atoms with Crippen molar-refractivity contribution in [2.75, 3.05) is 14.1 Å². The van der Waals surface area contributed by atoms with Gasteiger partial charge in [0.05, 0.1) is 0 Å². The second kappa shape index (κ2) is 6.79. The van der Waals surface area contributed by atoms with Gasteiger partial charge in [-0.05, 0) is 40.4 Å². The maximum atomic E-state index is 12.7. The number of hydrogen-bond acceptors (Lipinski definition) is 5. The predicted molar refractivity (Wildman–Crippen MR) is 83.1 cm³/mol. The maximum Gasteiger partial charge on any atom is 0.406 e. The fourth-order valence-electron chi connectivity index (χ4n) is 1.98. The molecule has 122 valence electrons. The molecule has 1 aromatic carbocycles. The number of benzene rings is 1. The van der Waals surface area contributed by atoms with Crippen LogP contribution in [0.15, 0.2) is 30.3 Å². The smallest absolute Gasteiger partial charge is 0.406 e. The number of likely N-dealkylation sites (N-methyl/N-ethyl adjacent to an activating group) is 1. The Bertz CT molecular complexity index is 523. The molecule has 0 aliphatic carbocycles. The lowest BCUT2D eigenvalue weighted by atomic mass is 10.0. The number of ether oxygens (including phenoxy) is 2. The summed E-state index contributed by atoms with van der Waals surface area (Å²) in [5, 5.41) is 0. The largest absolute Gasteiger partial charge is 0.456 e. The number of primary amides is 1. The van der Waals surface area contributed by atoms with Crippen molar-refractivity contribution in [2.45, 2.75) is 38.5 Å². The quantitative estimate of drug-likeness (QED) is 0.664. The monoisotopic (exact) mass is 308 g/mol. The SMILES string of the molecule is CN(C)[C@](Cc1ccccc1)(OC(N)=O)C(=O)OC(C)(C)C. The molecular formula is C16H24N2O4. The van der Waals surface area contributed by atoms with Crippen LogP contribution in [0.25, 0.3) is 0 Å². The molecule has 0 saturated heterocycles. The van der Waals surface area contributed by atoms with Crippen LogP contribution in [0.1, 0.15) is 26.3 Å². The van der Waals surface area contributed by atoms with Crippen LogP contribution < -0.4 is 5.73 Å². The van der Waals surface area contributed by atoms with Crippen molar-refractivity contribution in [2.24, 2.45) is 5.73 Å². The van der Waals surface area contributed by atoms with Crippen molar-refractivity contribution in [3.8, 4) is 0 Å². The van der Waals surface area contributed by atoms with Crippen molar-refractivity contribution in [1.29, 1.82) is 0 Å². The minimum absolute atomic E-state index is 0.138. The maximum absolute atomic E-state index is 12.7. The number of hydrogen-bond donors (Lipinski definition) is 1. The first-order valence-electron chi connectivity index (χ1n) is 7.00. The first-order valence-corrected chi connectivity index (χ1v) is 7.00. The van der Waals surface area contributed by atoms with Gasteiger partial charge >= 0.3 is 12.1 Å². The number of amides is 1. The number of nitrogens with two attached hydrogens (primary N) is 1. The van der Waals surface area contributed by atoms with Crippen molar-refractivity contribution in [3.05, 3.63) is 35.9 Å². The Balaban J connectivity index is 3.22. The lowest BCUT2D eigenvalue weighted by Gasteiger charge is -2.38. The molecule has 0 saturated carbocycles. The second-order valence-electron chi connectivity index (χ2n) is 6.26. The van der Waals surface area contributed by atoms with E-state index < -0.39 is 23.4 Å². The highest BCUT2D eigenvalue weighted by Gasteiger charge is 2.47. The molecule has 2 N–H and O–H groups in total. The van der Waals surface area contributed by atoms with Crippen LogP contribution in [0.2, 0.25) is 0 Å². The Kier molecular flexibility index (Phi) is 5.54. The van der Waals surface area contributed by atoms with E-state index in [1.807, 2.05) is 30.3 Å². The van der Waals surface area contributed by atoms with Crippen LogP contribution in [-0.4, -0.2) is 42.4 Å². The van der Waals surface area contributed by atoms with Crippen molar-refractivity contribution in [1.82, 2.24) is 4.90 Å². The number of nitrogens with zero attached hydrogens (tertiary/aromatic N) is 1. The third-order valence-corrected chi connectivity index (χ3v) is 3.00. The van der Waals surface area contributed by atoms with E-state index in [1.54, 1.807) is 34.9 Å². The van der Waals surface area contributed by atoms with E-state index in [9.17, 15) is 9.59 Å². The zero-order chi connectivity index (χ0) is 17.0. The van der Waals surface area contributed by atoms with Gasteiger partial charge in [-0.1, -0.05) is 30.3 Å². The molecule has 6 nitrogen and oxygen atoms in total. The van der Waals surface area contributed by atoms with E-state index in [0.717, 1.165) is 5.56 Å². The molecule has 1 rings (SSSR count). The lowest BCUT2D eigenvalue weighted by molar-refractivity contribution is -0.194. The van der Waals surface area contributed by atoms with Crippen molar-refractivity contribution >= 4 is 12.1 Å². The number of rotatable bonds is 5. The fourth-order valence-corrected chi connectivity index (χ4v) is 1.98. The Morgan fingerprint density at radius 3 is 2.05 bits per heavy atom. The van der Waals surface area contributed by atoms with Gasteiger partial charge in [-0.2, -0.15) is 0 Å². The van der Waals surface area contributed by atoms with Crippen LogP contribution in [0.5, 0.6) is 0 Å². The lowest BCUT2D eigenvalue weighted by Crippen LogP contribution is -2.58. The Morgan fingerprint density at radius 2 is 1.64 bits per heavy atom. The summed E-state index contributed by atoms with van der Waals surface area (Å²) in [4.78, 5) is 25.5. The highest BCUT2D eigenvalue weighted by atomic mass is 16.6. The molecule has 0 aromatic heterocycles. The van der Waals surface area contributed by atoms with Gasteiger partial charge in [0, 0.05) is 6.42 Å². The average Bonchev–Trinajstić information content (AvgIpc) is 2.36. The molecule has 22 heavy (non-hydrogen) atoms. The third kappa shape index (κ3) is 4.73. The molecule has 0 aliphatic heterocycles. The summed E-state index contributed by atoms with van der Waals surface area (Å²) in [7, 11) is 3.27. The van der Waals surface area contributed by atoms with Gasteiger partial charge < -0.3 is 15.2 Å². The molecule has 0 radical (unpaired) electrons. The van der Waals surface area contributed by atoms with Crippen LogP contribution in [0.4, 0.5) is 4.79 Å². The molecule has 0 spiro atoms. The van der Waals surface area contributed by atoms with Crippen molar-refractivity contribution < 1.29 is 19.1 Å². The van der Waals surface area contributed by atoms with Crippen LogP contribution in [0, 0.1) is 0 Å². The number of carbonyl (C=O) groups is 2. The Hall–Kier alpha value is -2.08. The van der Waals surface area contributed by atoms with Gasteiger partial charge in [0.15, 0.2) is 0 Å². The summed E-state index contributed by atoms with van der Waals surface area (Å²) in [5.41, 5.74) is 3.68.